The zero-order valence-electron chi connectivity index (χ0n) is 15.0. The average Bonchev–Trinajstić information content (AvgIpc) is 2.66. The molecule has 0 radical (unpaired) electrons. The molecule has 5 heteroatoms. The van der Waals surface area contributed by atoms with Crippen LogP contribution < -0.4 is 5.43 Å². The molecule has 3 aromatic rings. The standard InChI is InChI=1S/C21H20ClN3O/c1-13(2)14(3)24-25-21(26)17-12-19(15-8-5-4-6-9-15)23-20-16(17)10-7-11-18(20)22/h4-13H,1-3H3,(H,25,26)/b24-14-. The highest BCUT2D eigenvalue weighted by Crippen LogP contribution is 2.29. The quantitative estimate of drug-likeness (QED) is 0.502. The lowest BCUT2D eigenvalue weighted by molar-refractivity contribution is 0.0956. The molecule has 0 aliphatic heterocycles. The Morgan fingerprint density at radius 3 is 2.54 bits per heavy atom. The van der Waals surface area contributed by atoms with Crippen LogP contribution in [-0.4, -0.2) is 16.6 Å². The number of nitrogens with zero attached hydrogens (tertiary/aromatic N) is 2. The molecule has 4 nitrogen and oxygen atoms in total. The number of hydrogen-bond donors (Lipinski definition) is 1. The Kier molecular flexibility index (Phi) is 5.33. The number of fused-ring (bicyclic) bond motifs is 1. The fourth-order valence-corrected chi connectivity index (χ4v) is 2.70. The van der Waals surface area contributed by atoms with Crippen LogP contribution in [0.2, 0.25) is 5.02 Å². The Balaban J connectivity index is 2.13. The number of para-hydroxylation sites is 1. The van der Waals surface area contributed by atoms with Crippen molar-refractivity contribution in [1.29, 1.82) is 0 Å². The summed E-state index contributed by atoms with van der Waals surface area (Å²) < 4.78 is 0. The maximum atomic E-state index is 12.8. The summed E-state index contributed by atoms with van der Waals surface area (Å²) >= 11 is 6.34. The molecular weight excluding hydrogens is 346 g/mol. The van der Waals surface area contributed by atoms with Gasteiger partial charge < -0.3 is 0 Å². The number of nitrogens with one attached hydrogen (secondary N) is 1. The van der Waals surface area contributed by atoms with Crippen LogP contribution in [0.1, 0.15) is 31.1 Å². The van der Waals surface area contributed by atoms with Gasteiger partial charge in [0.25, 0.3) is 5.91 Å². The molecule has 0 aliphatic rings. The van der Waals surface area contributed by atoms with Gasteiger partial charge in [0.05, 0.1) is 21.8 Å². The van der Waals surface area contributed by atoms with E-state index in [-0.39, 0.29) is 11.8 Å². The van der Waals surface area contributed by atoms with Crippen LogP contribution in [0.15, 0.2) is 59.7 Å². The predicted molar refractivity (Wildman–Crippen MR) is 108 cm³/mol. The Labute approximate surface area is 157 Å². The highest BCUT2D eigenvalue weighted by atomic mass is 35.5. The minimum absolute atomic E-state index is 0.263. The van der Waals surface area contributed by atoms with Gasteiger partial charge >= 0.3 is 0 Å². The van der Waals surface area contributed by atoms with Crippen molar-refractivity contribution in [3.8, 4) is 11.3 Å². The van der Waals surface area contributed by atoms with Gasteiger partial charge in [-0.3, -0.25) is 4.79 Å². The monoisotopic (exact) mass is 365 g/mol. The number of halogens is 1. The number of carbonyl (C=O) groups excluding carboxylic acids is 1. The molecule has 3 rings (SSSR count). The second kappa shape index (κ2) is 7.67. The zero-order chi connectivity index (χ0) is 18.7. The van der Waals surface area contributed by atoms with Crippen molar-refractivity contribution in [3.63, 3.8) is 0 Å². The molecule has 0 saturated carbocycles. The Morgan fingerprint density at radius 1 is 1.12 bits per heavy atom. The minimum Gasteiger partial charge on any atom is -0.267 e. The topological polar surface area (TPSA) is 54.4 Å². The van der Waals surface area contributed by atoms with Crippen LogP contribution in [0.25, 0.3) is 22.2 Å². The zero-order valence-corrected chi connectivity index (χ0v) is 15.7. The molecular formula is C21H20ClN3O. The Morgan fingerprint density at radius 2 is 1.85 bits per heavy atom. The van der Waals surface area contributed by atoms with Gasteiger partial charge in [-0.15, -0.1) is 0 Å². The number of hydrazone groups is 1. The highest BCUT2D eigenvalue weighted by Gasteiger charge is 2.15. The van der Waals surface area contributed by atoms with Gasteiger partial charge in [0, 0.05) is 16.7 Å². The van der Waals surface area contributed by atoms with Gasteiger partial charge in [-0.25, -0.2) is 10.4 Å². The third-order valence-electron chi connectivity index (χ3n) is 4.27. The molecule has 0 atom stereocenters. The van der Waals surface area contributed by atoms with Crippen molar-refractivity contribution < 1.29 is 4.79 Å². The summed E-state index contributed by atoms with van der Waals surface area (Å²) in [6.07, 6.45) is 0. The lowest BCUT2D eigenvalue weighted by atomic mass is 10.0. The molecule has 0 fully saturated rings. The summed E-state index contributed by atoms with van der Waals surface area (Å²) in [5.74, 6) is -0.0179. The Hall–Kier alpha value is -2.72. The number of rotatable bonds is 4. The lowest BCUT2D eigenvalue weighted by Crippen LogP contribution is -2.21. The van der Waals surface area contributed by atoms with Gasteiger partial charge in [0.1, 0.15) is 0 Å². The van der Waals surface area contributed by atoms with E-state index in [9.17, 15) is 4.79 Å². The van der Waals surface area contributed by atoms with Crippen LogP contribution in [0.5, 0.6) is 0 Å². The molecule has 132 valence electrons. The van der Waals surface area contributed by atoms with Crippen LogP contribution >= 0.6 is 11.6 Å². The van der Waals surface area contributed by atoms with E-state index in [1.54, 1.807) is 12.1 Å². The minimum atomic E-state index is -0.281. The van der Waals surface area contributed by atoms with E-state index >= 15 is 0 Å². The molecule has 1 amide bonds. The maximum absolute atomic E-state index is 12.8. The molecule has 1 N–H and O–H groups in total. The predicted octanol–water partition coefficient (Wildman–Crippen LogP) is 5.32. The summed E-state index contributed by atoms with van der Waals surface area (Å²) in [5.41, 5.74) is 6.22. The molecule has 0 unspecified atom stereocenters. The number of pyridine rings is 1. The summed E-state index contributed by atoms with van der Waals surface area (Å²) in [4.78, 5) is 17.5. The van der Waals surface area contributed by atoms with Crippen LogP contribution in [-0.2, 0) is 0 Å². The van der Waals surface area contributed by atoms with Gasteiger partial charge in [-0.1, -0.05) is 67.9 Å². The first kappa shape index (κ1) is 18.1. The van der Waals surface area contributed by atoms with E-state index in [0.717, 1.165) is 11.3 Å². The van der Waals surface area contributed by atoms with Crippen molar-refractivity contribution in [2.75, 3.05) is 0 Å². The maximum Gasteiger partial charge on any atom is 0.272 e. The summed E-state index contributed by atoms with van der Waals surface area (Å²) in [6, 6.07) is 16.9. The molecule has 0 spiro atoms. The number of benzene rings is 2. The van der Waals surface area contributed by atoms with Crippen LogP contribution in [0, 0.1) is 5.92 Å². The lowest BCUT2D eigenvalue weighted by Gasteiger charge is -2.11. The van der Waals surface area contributed by atoms with Gasteiger partial charge in [-0.2, -0.15) is 5.10 Å². The highest BCUT2D eigenvalue weighted by molar-refractivity contribution is 6.35. The summed E-state index contributed by atoms with van der Waals surface area (Å²) in [7, 11) is 0. The second-order valence-corrected chi connectivity index (χ2v) is 6.81. The van der Waals surface area contributed by atoms with Crippen molar-refractivity contribution in [2.45, 2.75) is 20.8 Å². The van der Waals surface area contributed by atoms with E-state index in [4.69, 9.17) is 11.6 Å². The van der Waals surface area contributed by atoms with Crippen molar-refractivity contribution in [2.24, 2.45) is 11.0 Å². The molecule has 26 heavy (non-hydrogen) atoms. The third-order valence-corrected chi connectivity index (χ3v) is 4.58. The SMILES string of the molecule is C/C(=N/NC(=O)c1cc(-c2ccccc2)nc2c(Cl)cccc12)C(C)C. The summed E-state index contributed by atoms with van der Waals surface area (Å²) in [6.45, 7) is 5.95. The molecule has 2 aromatic carbocycles. The first-order chi connectivity index (χ1) is 12.5. The van der Waals surface area contributed by atoms with E-state index in [1.165, 1.54) is 0 Å². The smallest absolute Gasteiger partial charge is 0.267 e. The number of carbonyl (C=O) groups is 1. The first-order valence-corrected chi connectivity index (χ1v) is 8.84. The van der Waals surface area contributed by atoms with Crippen molar-refractivity contribution in [3.05, 3.63) is 65.2 Å². The average molecular weight is 366 g/mol. The summed E-state index contributed by atoms with van der Waals surface area (Å²) in [5, 5.41) is 5.41. The van der Waals surface area contributed by atoms with E-state index < -0.39 is 0 Å². The molecule has 1 heterocycles. The van der Waals surface area contributed by atoms with Gasteiger partial charge in [-0.05, 0) is 25.0 Å². The normalized spacial score (nSPS) is 11.8. The van der Waals surface area contributed by atoms with E-state index in [0.29, 0.717) is 27.2 Å². The third kappa shape index (κ3) is 3.75. The van der Waals surface area contributed by atoms with Gasteiger partial charge in [0.2, 0.25) is 0 Å². The molecule has 1 aromatic heterocycles. The van der Waals surface area contributed by atoms with Crippen molar-refractivity contribution >= 4 is 34.1 Å². The van der Waals surface area contributed by atoms with Crippen LogP contribution in [0.3, 0.4) is 0 Å². The largest absolute Gasteiger partial charge is 0.272 e. The Bertz CT molecular complexity index is 981. The van der Waals surface area contributed by atoms with E-state index in [1.807, 2.05) is 63.2 Å². The van der Waals surface area contributed by atoms with Crippen molar-refractivity contribution in [1.82, 2.24) is 10.4 Å². The molecule has 0 aliphatic carbocycles. The van der Waals surface area contributed by atoms with E-state index in [2.05, 4.69) is 15.5 Å². The molecule has 0 saturated heterocycles. The van der Waals surface area contributed by atoms with Gasteiger partial charge in [0.15, 0.2) is 0 Å². The fourth-order valence-electron chi connectivity index (χ4n) is 2.49. The number of hydrogen-bond acceptors (Lipinski definition) is 3. The molecule has 0 bridgehead atoms. The number of aromatic nitrogens is 1. The van der Waals surface area contributed by atoms with Crippen LogP contribution in [0.4, 0.5) is 0 Å². The number of amides is 1. The second-order valence-electron chi connectivity index (χ2n) is 6.41. The first-order valence-electron chi connectivity index (χ1n) is 8.46. The fraction of sp³-hybridized carbons (Fsp3) is 0.190.